The van der Waals surface area contributed by atoms with Gasteiger partial charge in [-0.05, 0) is 44.8 Å². The quantitative estimate of drug-likeness (QED) is 0.656. The van der Waals surface area contributed by atoms with E-state index in [1.165, 1.54) is 17.6 Å². The molecular weight excluding hydrogens is 435 g/mol. The molecule has 0 aliphatic carbocycles. The van der Waals surface area contributed by atoms with Gasteiger partial charge in [0, 0.05) is 18.5 Å². The Morgan fingerprint density at radius 2 is 2.03 bits per heavy atom. The van der Waals surface area contributed by atoms with Gasteiger partial charge in [0.05, 0.1) is 23.9 Å². The molecule has 1 fully saturated rings. The summed E-state index contributed by atoms with van der Waals surface area (Å²) in [6, 6.07) is 1.63. The Balaban J connectivity index is 0.00000210. The molecule has 0 saturated carbocycles. The first-order valence-electron chi connectivity index (χ1n) is 9.35. The van der Waals surface area contributed by atoms with Crippen molar-refractivity contribution in [3.63, 3.8) is 0 Å². The molecule has 0 unspecified atom stereocenters. The number of carbonyl (C=O) groups excluding carboxylic acids is 2. The molecule has 0 bridgehead atoms. The number of aryl methyl sites for hydroxylation is 1. The molecule has 0 spiro atoms. The van der Waals surface area contributed by atoms with Crippen molar-refractivity contribution in [1.82, 2.24) is 15.2 Å². The number of hydrogen-bond acceptors (Lipinski definition) is 6. The molecule has 2 amide bonds. The number of thiazole rings is 1. The van der Waals surface area contributed by atoms with Crippen molar-refractivity contribution in [2.45, 2.75) is 33.1 Å². The Morgan fingerprint density at radius 1 is 1.31 bits per heavy atom. The second kappa shape index (κ2) is 12.2. The van der Waals surface area contributed by atoms with E-state index in [-0.39, 0.29) is 43.0 Å². The predicted octanol–water partition coefficient (Wildman–Crippen LogP) is 3.53. The molecule has 29 heavy (non-hydrogen) atoms. The molecule has 2 N–H and O–H groups in total. The second-order valence-electron chi connectivity index (χ2n) is 6.80. The van der Waals surface area contributed by atoms with E-state index in [9.17, 15) is 9.59 Å². The summed E-state index contributed by atoms with van der Waals surface area (Å²) in [7, 11) is 0. The molecule has 1 aliphatic heterocycles. The highest BCUT2D eigenvalue weighted by molar-refractivity contribution is 7.14. The van der Waals surface area contributed by atoms with Crippen molar-refractivity contribution in [2.75, 3.05) is 31.5 Å². The molecular formula is C19H28Cl2N4O3S. The molecule has 1 saturated heterocycles. The van der Waals surface area contributed by atoms with E-state index in [0.717, 1.165) is 39.0 Å². The van der Waals surface area contributed by atoms with E-state index in [2.05, 4.69) is 22.5 Å². The van der Waals surface area contributed by atoms with Gasteiger partial charge in [0.2, 0.25) is 5.91 Å². The zero-order valence-electron chi connectivity index (χ0n) is 16.6. The highest BCUT2D eigenvalue weighted by Gasteiger charge is 2.23. The van der Waals surface area contributed by atoms with Crippen LogP contribution in [-0.2, 0) is 11.2 Å². The Hall–Kier alpha value is -1.61. The topological polar surface area (TPSA) is 87.5 Å². The molecule has 7 nitrogen and oxygen atoms in total. The highest BCUT2D eigenvalue weighted by Crippen LogP contribution is 2.20. The van der Waals surface area contributed by atoms with E-state index < -0.39 is 0 Å². The zero-order chi connectivity index (χ0) is 19.2. The zero-order valence-corrected chi connectivity index (χ0v) is 19.1. The molecule has 3 heterocycles. The number of hydrogen-bond donors (Lipinski definition) is 2. The van der Waals surface area contributed by atoms with Gasteiger partial charge in [0.15, 0.2) is 5.13 Å². The summed E-state index contributed by atoms with van der Waals surface area (Å²) < 4.78 is 5.15. The van der Waals surface area contributed by atoms with Crippen LogP contribution in [0.2, 0.25) is 0 Å². The van der Waals surface area contributed by atoms with Gasteiger partial charge in [0.1, 0.15) is 5.76 Å². The Bertz CT molecular complexity index is 788. The van der Waals surface area contributed by atoms with Gasteiger partial charge in [-0.1, -0.05) is 6.92 Å². The summed E-state index contributed by atoms with van der Waals surface area (Å²) in [6.07, 6.45) is 3.84. The number of amides is 2. The lowest BCUT2D eigenvalue weighted by Gasteiger charge is -2.32. The second-order valence-corrected chi connectivity index (χ2v) is 7.66. The van der Waals surface area contributed by atoms with E-state index >= 15 is 0 Å². The van der Waals surface area contributed by atoms with Crippen LogP contribution in [0, 0.1) is 12.8 Å². The number of anilines is 1. The number of piperidine rings is 1. The molecule has 0 radical (unpaired) electrons. The van der Waals surface area contributed by atoms with Crippen molar-refractivity contribution < 1.29 is 14.0 Å². The Labute approximate surface area is 187 Å². The maximum Gasteiger partial charge on any atom is 0.260 e. The number of rotatable bonds is 7. The molecule has 162 valence electrons. The smallest absolute Gasteiger partial charge is 0.260 e. The molecule has 0 aromatic carbocycles. The van der Waals surface area contributed by atoms with Crippen LogP contribution in [0.15, 0.2) is 22.1 Å². The van der Waals surface area contributed by atoms with Crippen LogP contribution in [0.4, 0.5) is 5.13 Å². The fraction of sp³-hybridized carbons (Fsp3) is 0.526. The van der Waals surface area contributed by atoms with Crippen LogP contribution in [0.5, 0.6) is 0 Å². The minimum Gasteiger partial charge on any atom is -0.469 e. The van der Waals surface area contributed by atoms with Crippen LogP contribution in [0.1, 0.15) is 41.6 Å². The van der Waals surface area contributed by atoms with E-state index in [0.29, 0.717) is 28.1 Å². The van der Waals surface area contributed by atoms with Gasteiger partial charge in [-0.3, -0.25) is 14.9 Å². The monoisotopic (exact) mass is 462 g/mol. The molecule has 1 aliphatic rings. The molecule has 0 atom stereocenters. The lowest BCUT2D eigenvalue weighted by Crippen LogP contribution is -2.41. The van der Waals surface area contributed by atoms with Crippen molar-refractivity contribution in [2.24, 2.45) is 5.92 Å². The minimum absolute atomic E-state index is 0. The van der Waals surface area contributed by atoms with Crippen molar-refractivity contribution >= 4 is 53.1 Å². The summed E-state index contributed by atoms with van der Waals surface area (Å²) in [5, 5.41) is 8.46. The molecule has 2 aromatic rings. The van der Waals surface area contributed by atoms with Gasteiger partial charge in [-0.2, -0.15) is 0 Å². The normalized spacial score (nSPS) is 14.1. The average molecular weight is 463 g/mol. The third kappa shape index (κ3) is 6.99. The predicted molar refractivity (Wildman–Crippen MR) is 120 cm³/mol. The summed E-state index contributed by atoms with van der Waals surface area (Å²) >= 11 is 1.33. The summed E-state index contributed by atoms with van der Waals surface area (Å²) in [5.74, 6) is 1.07. The maximum absolute atomic E-state index is 12.5. The lowest BCUT2D eigenvalue weighted by atomic mass is 9.96. The van der Waals surface area contributed by atoms with Gasteiger partial charge in [-0.25, -0.2) is 4.98 Å². The van der Waals surface area contributed by atoms with E-state index in [1.54, 1.807) is 13.0 Å². The molecule has 10 heteroatoms. The Kier molecular flexibility index (Phi) is 10.7. The van der Waals surface area contributed by atoms with Gasteiger partial charge < -0.3 is 14.6 Å². The SMILES string of the molecule is CCNCC1CCN(C(=O)Cc2csc(NC(=O)c3ccoc3C)n2)CC1.Cl.Cl. The summed E-state index contributed by atoms with van der Waals surface area (Å²) in [6.45, 7) is 7.48. The number of aromatic nitrogens is 1. The lowest BCUT2D eigenvalue weighted by molar-refractivity contribution is -0.131. The number of likely N-dealkylation sites (tertiary alicyclic amines) is 1. The number of nitrogens with zero attached hydrogens (tertiary/aromatic N) is 2. The Morgan fingerprint density at radius 3 is 2.66 bits per heavy atom. The highest BCUT2D eigenvalue weighted by atomic mass is 35.5. The first kappa shape index (κ1) is 25.4. The van der Waals surface area contributed by atoms with Crippen LogP contribution < -0.4 is 10.6 Å². The van der Waals surface area contributed by atoms with Gasteiger partial charge in [0.25, 0.3) is 5.91 Å². The van der Waals surface area contributed by atoms with E-state index in [1.807, 2.05) is 10.3 Å². The first-order chi connectivity index (χ1) is 13.1. The van der Waals surface area contributed by atoms with Crippen LogP contribution in [-0.4, -0.2) is 47.9 Å². The fourth-order valence-electron chi connectivity index (χ4n) is 3.23. The van der Waals surface area contributed by atoms with Crippen LogP contribution >= 0.6 is 36.2 Å². The first-order valence-corrected chi connectivity index (χ1v) is 10.2. The minimum atomic E-state index is -0.253. The summed E-state index contributed by atoms with van der Waals surface area (Å²) in [4.78, 5) is 31.0. The number of carbonyl (C=O) groups is 2. The largest absolute Gasteiger partial charge is 0.469 e. The van der Waals surface area contributed by atoms with Gasteiger partial charge >= 0.3 is 0 Å². The fourth-order valence-corrected chi connectivity index (χ4v) is 3.94. The maximum atomic E-state index is 12.5. The number of nitrogens with one attached hydrogen (secondary N) is 2. The van der Waals surface area contributed by atoms with Crippen molar-refractivity contribution in [1.29, 1.82) is 0 Å². The van der Waals surface area contributed by atoms with Crippen LogP contribution in [0.3, 0.4) is 0 Å². The average Bonchev–Trinajstić information content (AvgIpc) is 3.29. The van der Waals surface area contributed by atoms with Gasteiger partial charge in [-0.15, -0.1) is 36.2 Å². The molecule has 2 aromatic heterocycles. The summed E-state index contributed by atoms with van der Waals surface area (Å²) in [5.41, 5.74) is 1.18. The van der Waals surface area contributed by atoms with Crippen molar-refractivity contribution in [3.8, 4) is 0 Å². The van der Waals surface area contributed by atoms with Crippen LogP contribution in [0.25, 0.3) is 0 Å². The molecule has 3 rings (SSSR count). The third-order valence-electron chi connectivity index (χ3n) is 4.86. The van der Waals surface area contributed by atoms with E-state index in [4.69, 9.17) is 4.42 Å². The number of halogens is 2. The third-order valence-corrected chi connectivity index (χ3v) is 5.66. The standard InChI is InChI=1S/C19H26N4O3S.2ClH/c1-3-20-11-14-4-7-23(8-5-14)17(24)10-15-12-27-19(21-15)22-18(25)16-6-9-26-13(16)2;;/h6,9,12,14,20H,3-5,7-8,10-11H2,1-2H3,(H,21,22,25);2*1H. The number of furan rings is 1. The van der Waals surface area contributed by atoms with Crippen molar-refractivity contribution in [3.05, 3.63) is 34.7 Å².